The molecule has 0 aliphatic heterocycles. The highest BCUT2D eigenvalue weighted by atomic mass is 15.1. The predicted molar refractivity (Wildman–Crippen MR) is 67.1 cm³/mol. The lowest BCUT2D eigenvalue weighted by Gasteiger charge is -2.30. The normalized spacial score (nSPS) is 20.9. The maximum absolute atomic E-state index is 9.19. The number of hydrogen-bond donors (Lipinski definition) is 1. The second kappa shape index (κ2) is 6.22. The van der Waals surface area contributed by atoms with E-state index in [2.05, 4.69) is 23.3 Å². The zero-order chi connectivity index (χ0) is 12.0. The molecule has 0 bridgehead atoms. The average molecular weight is 223 g/mol. The van der Waals surface area contributed by atoms with E-state index in [9.17, 15) is 5.26 Å². The van der Waals surface area contributed by atoms with E-state index in [0.717, 1.165) is 25.6 Å². The Hall–Kier alpha value is -0.590. The molecular formula is C13H25N3. The zero-order valence-corrected chi connectivity index (χ0v) is 10.9. The largest absolute Gasteiger partial charge is 0.303 e. The summed E-state index contributed by atoms with van der Waals surface area (Å²) in [5.74, 6) is 0.856. The second-order valence-corrected chi connectivity index (χ2v) is 5.32. The molecule has 0 radical (unpaired) electrons. The van der Waals surface area contributed by atoms with E-state index in [0.29, 0.717) is 0 Å². The van der Waals surface area contributed by atoms with Gasteiger partial charge in [-0.2, -0.15) is 5.26 Å². The molecule has 1 rings (SSSR count). The van der Waals surface area contributed by atoms with Crippen molar-refractivity contribution in [2.75, 3.05) is 26.7 Å². The third kappa shape index (κ3) is 4.11. The molecule has 1 aliphatic carbocycles. The van der Waals surface area contributed by atoms with E-state index in [1.54, 1.807) is 0 Å². The molecule has 0 saturated heterocycles. The number of hydrogen-bond acceptors (Lipinski definition) is 3. The average Bonchev–Trinajstić information content (AvgIpc) is 2.70. The lowest BCUT2D eigenvalue weighted by molar-refractivity contribution is 0.229. The molecule has 1 atom stereocenters. The fourth-order valence-electron chi connectivity index (χ4n) is 2.76. The highest BCUT2D eigenvalue weighted by molar-refractivity contribution is 5.05. The molecule has 0 spiro atoms. The van der Waals surface area contributed by atoms with E-state index in [4.69, 9.17) is 0 Å². The fourth-order valence-corrected chi connectivity index (χ4v) is 2.76. The van der Waals surface area contributed by atoms with Gasteiger partial charge in [-0.1, -0.05) is 19.8 Å². The summed E-state index contributed by atoms with van der Waals surface area (Å²) in [5, 5.41) is 12.4. The van der Waals surface area contributed by atoms with Crippen LogP contribution in [0.1, 0.15) is 39.5 Å². The van der Waals surface area contributed by atoms with Gasteiger partial charge in [0.25, 0.3) is 0 Å². The van der Waals surface area contributed by atoms with Crippen molar-refractivity contribution < 1.29 is 0 Å². The predicted octanol–water partition coefficient (Wildman–Crippen LogP) is 2.00. The van der Waals surface area contributed by atoms with Crippen LogP contribution >= 0.6 is 0 Å². The van der Waals surface area contributed by atoms with E-state index in [1.807, 2.05) is 13.8 Å². The summed E-state index contributed by atoms with van der Waals surface area (Å²) < 4.78 is 0. The number of likely N-dealkylation sites (N-methyl/N-ethyl adjacent to an activating group) is 2. The van der Waals surface area contributed by atoms with E-state index < -0.39 is 5.54 Å². The Morgan fingerprint density at radius 1 is 1.44 bits per heavy atom. The fraction of sp³-hybridized carbons (Fsp3) is 0.923. The molecule has 16 heavy (non-hydrogen) atoms. The van der Waals surface area contributed by atoms with Gasteiger partial charge in [-0.15, -0.1) is 0 Å². The molecule has 0 aromatic rings. The lowest BCUT2D eigenvalue weighted by Crippen LogP contribution is -2.50. The molecule has 0 heterocycles. The highest BCUT2D eigenvalue weighted by Crippen LogP contribution is 2.25. The van der Waals surface area contributed by atoms with Crippen LogP contribution in [0.3, 0.4) is 0 Å². The van der Waals surface area contributed by atoms with Crippen molar-refractivity contribution in [2.24, 2.45) is 5.92 Å². The molecule has 1 unspecified atom stereocenters. The molecule has 1 aliphatic rings. The molecule has 3 nitrogen and oxygen atoms in total. The second-order valence-electron chi connectivity index (χ2n) is 5.32. The Kier molecular flexibility index (Phi) is 5.24. The first-order valence-corrected chi connectivity index (χ1v) is 6.44. The Morgan fingerprint density at radius 3 is 2.56 bits per heavy atom. The Balaban J connectivity index is 2.36. The van der Waals surface area contributed by atoms with E-state index in [1.165, 1.54) is 25.7 Å². The SMILES string of the molecule is CCNC(C)(C#N)CN(C)CC1CCCC1. The van der Waals surface area contributed by atoms with Crippen LogP contribution in [-0.2, 0) is 0 Å². The topological polar surface area (TPSA) is 39.1 Å². The summed E-state index contributed by atoms with van der Waals surface area (Å²) in [7, 11) is 2.13. The maximum Gasteiger partial charge on any atom is 0.116 e. The van der Waals surface area contributed by atoms with Gasteiger partial charge in [-0.25, -0.2) is 0 Å². The third-order valence-corrected chi connectivity index (χ3v) is 3.44. The molecule has 92 valence electrons. The van der Waals surface area contributed by atoms with Crippen molar-refractivity contribution in [3.05, 3.63) is 0 Å². The Morgan fingerprint density at radius 2 is 2.06 bits per heavy atom. The van der Waals surface area contributed by atoms with E-state index in [-0.39, 0.29) is 0 Å². The van der Waals surface area contributed by atoms with Gasteiger partial charge in [0.05, 0.1) is 6.07 Å². The van der Waals surface area contributed by atoms with Gasteiger partial charge in [0.2, 0.25) is 0 Å². The minimum Gasteiger partial charge on any atom is -0.303 e. The van der Waals surface area contributed by atoms with Gasteiger partial charge in [0.15, 0.2) is 0 Å². The molecule has 1 N–H and O–H groups in total. The van der Waals surface area contributed by atoms with Gasteiger partial charge < -0.3 is 4.90 Å². The third-order valence-electron chi connectivity index (χ3n) is 3.44. The van der Waals surface area contributed by atoms with Crippen LogP contribution < -0.4 is 5.32 Å². The van der Waals surface area contributed by atoms with Crippen molar-refractivity contribution in [3.8, 4) is 6.07 Å². The summed E-state index contributed by atoms with van der Waals surface area (Å²) in [6, 6.07) is 2.38. The molecule has 0 aromatic heterocycles. The number of nitriles is 1. The first kappa shape index (κ1) is 13.5. The minimum atomic E-state index is -0.401. The van der Waals surface area contributed by atoms with Crippen LogP contribution in [0, 0.1) is 17.2 Å². The Labute approximate surface area is 99.8 Å². The van der Waals surface area contributed by atoms with Gasteiger partial charge in [-0.05, 0) is 39.3 Å². The maximum atomic E-state index is 9.19. The van der Waals surface area contributed by atoms with Crippen molar-refractivity contribution in [1.29, 1.82) is 5.26 Å². The van der Waals surface area contributed by atoms with E-state index >= 15 is 0 Å². The van der Waals surface area contributed by atoms with Gasteiger partial charge in [-0.3, -0.25) is 5.32 Å². The smallest absolute Gasteiger partial charge is 0.116 e. The van der Waals surface area contributed by atoms with Crippen LogP contribution in [-0.4, -0.2) is 37.1 Å². The molecule has 1 saturated carbocycles. The Bertz CT molecular complexity index is 240. The van der Waals surface area contributed by atoms with Crippen LogP contribution in [0.25, 0.3) is 0 Å². The van der Waals surface area contributed by atoms with Crippen molar-refractivity contribution >= 4 is 0 Å². The standard InChI is InChI=1S/C13H25N3/c1-4-15-13(2,10-14)11-16(3)9-12-7-5-6-8-12/h12,15H,4-9,11H2,1-3H3. The van der Waals surface area contributed by atoms with Crippen LogP contribution in [0.5, 0.6) is 0 Å². The van der Waals surface area contributed by atoms with Crippen LogP contribution in [0.4, 0.5) is 0 Å². The minimum absolute atomic E-state index is 0.401. The zero-order valence-electron chi connectivity index (χ0n) is 10.9. The number of nitrogens with one attached hydrogen (secondary N) is 1. The molecule has 0 aromatic carbocycles. The summed E-state index contributed by atoms with van der Waals surface area (Å²) in [6.07, 6.45) is 5.52. The van der Waals surface area contributed by atoms with Crippen molar-refractivity contribution in [1.82, 2.24) is 10.2 Å². The highest BCUT2D eigenvalue weighted by Gasteiger charge is 2.26. The molecular weight excluding hydrogens is 198 g/mol. The lowest BCUT2D eigenvalue weighted by atomic mass is 10.0. The summed E-state index contributed by atoms with van der Waals surface area (Å²) in [4.78, 5) is 2.31. The summed E-state index contributed by atoms with van der Waals surface area (Å²) in [6.45, 7) is 6.84. The van der Waals surface area contributed by atoms with Gasteiger partial charge in [0.1, 0.15) is 5.54 Å². The molecule has 1 fully saturated rings. The van der Waals surface area contributed by atoms with Gasteiger partial charge >= 0.3 is 0 Å². The van der Waals surface area contributed by atoms with Crippen molar-refractivity contribution in [3.63, 3.8) is 0 Å². The number of rotatable bonds is 6. The summed E-state index contributed by atoms with van der Waals surface area (Å²) >= 11 is 0. The first-order chi connectivity index (χ1) is 7.59. The molecule has 3 heteroatoms. The quantitative estimate of drug-likeness (QED) is 0.748. The van der Waals surface area contributed by atoms with Crippen LogP contribution in [0.2, 0.25) is 0 Å². The number of nitrogens with zero attached hydrogens (tertiary/aromatic N) is 2. The van der Waals surface area contributed by atoms with Gasteiger partial charge in [0, 0.05) is 13.1 Å². The monoisotopic (exact) mass is 223 g/mol. The first-order valence-electron chi connectivity index (χ1n) is 6.44. The summed E-state index contributed by atoms with van der Waals surface area (Å²) in [5.41, 5.74) is -0.401. The van der Waals surface area contributed by atoms with Crippen LogP contribution in [0.15, 0.2) is 0 Å². The molecule has 0 amide bonds. The van der Waals surface area contributed by atoms with Crippen molar-refractivity contribution in [2.45, 2.75) is 45.1 Å².